The molecule has 1 aromatic heterocycles. The van der Waals surface area contributed by atoms with Crippen LogP contribution in [0.1, 0.15) is 0 Å². The van der Waals surface area contributed by atoms with Crippen LogP contribution < -0.4 is 4.74 Å². The second kappa shape index (κ2) is 6.81. The molecule has 2 aromatic carbocycles. The number of benzene rings is 2. The van der Waals surface area contributed by atoms with Crippen LogP contribution in [0, 0.1) is 0 Å². The average Bonchev–Trinajstić information content (AvgIpc) is 2.58. The summed E-state index contributed by atoms with van der Waals surface area (Å²) < 4.78 is 31.0. The molecule has 7 heteroatoms. The minimum Gasteiger partial charge on any atom is -0.437 e. The molecule has 122 valence electrons. The van der Waals surface area contributed by atoms with Gasteiger partial charge in [-0.25, -0.2) is 13.4 Å². The lowest BCUT2D eigenvalue weighted by Crippen LogP contribution is -2.02. The van der Waals surface area contributed by atoms with E-state index in [1.165, 1.54) is 42.5 Å². The number of rotatable bonds is 4. The Labute approximate surface area is 149 Å². The van der Waals surface area contributed by atoms with Crippen LogP contribution in [-0.2, 0) is 9.84 Å². The van der Waals surface area contributed by atoms with Crippen LogP contribution in [0.4, 0.5) is 0 Å². The molecule has 0 N–H and O–H groups in total. The molecule has 4 nitrogen and oxygen atoms in total. The van der Waals surface area contributed by atoms with Gasteiger partial charge in [-0.1, -0.05) is 29.3 Å². The van der Waals surface area contributed by atoms with Crippen LogP contribution >= 0.6 is 23.2 Å². The number of pyridine rings is 1. The lowest BCUT2D eigenvalue weighted by molar-refractivity contribution is 0.461. The Morgan fingerprint density at radius 1 is 0.875 bits per heavy atom. The monoisotopic (exact) mass is 379 g/mol. The number of ether oxygens (including phenoxy) is 1. The van der Waals surface area contributed by atoms with Gasteiger partial charge in [-0.2, -0.15) is 0 Å². The average molecular weight is 380 g/mol. The third-order valence-corrected chi connectivity index (χ3v) is 5.52. The summed E-state index contributed by atoms with van der Waals surface area (Å²) in [5, 5.41) is 0.750. The van der Waals surface area contributed by atoms with E-state index >= 15 is 0 Å². The van der Waals surface area contributed by atoms with E-state index < -0.39 is 9.84 Å². The zero-order valence-electron chi connectivity index (χ0n) is 12.2. The van der Waals surface area contributed by atoms with Crippen LogP contribution in [0.3, 0.4) is 0 Å². The van der Waals surface area contributed by atoms with E-state index in [9.17, 15) is 8.42 Å². The van der Waals surface area contributed by atoms with Crippen molar-refractivity contribution in [3.63, 3.8) is 0 Å². The lowest BCUT2D eigenvalue weighted by Gasteiger charge is -2.10. The fourth-order valence-electron chi connectivity index (χ4n) is 2.00. The molecule has 0 spiro atoms. The summed E-state index contributed by atoms with van der Waals surface area (Å²) in [4.78, 5) is 4.24. The molecule has 0 saturated carbocycles. The third-order valence-electron chi connectivity index (χ3n) is 3.19. The molecule has 0 bridgehead atoms. The zero-order valence-corrected chi connectivity index (χ0v) is 14.5. The van der Waals surface area contributed by atoms with Gasteiger partial charge < -0.3 is 4.74 Å². The summed E-state index contributed by atoms with van der Waals surface area (Å²) in [5.74, 6) is 0.533. The van der Waals surface area contributed by atoms with Crippen molar-refractivity contribution in [1.82, 2.24) is 4.98 Å². The van der Waals surface area contributed by atoms with Crippen LogP contribution in [0.2, 0.25) is 10.0 Å². The molecule has 0 unspecified atom stereocenters. The van der Waals surface area contributed by atoms with E-state index in [0.29, 0.717) is 10.9 Å². The van der Waals surface area contributed by atoms with Gasteiger partial charge in [0.15, 0.2) is 0 Å². The largest absolute Gasteiger partial charge is 0.437 e. The summed E-state index contributed by atoms with van der Waals surface area (Å²) in [7, 11) is -3.70. The quantitative estimate of drug-likeness (QED) is 0.638. The smallest absolute Gasteiger partial charge is 0.219 e. The van der Waals surface area contributed by atoms with Crippen molar-refractivity contribution in [3.05, 3.63) is 76.9 Å². The number of hydrogen-bond donors (Lipinski definition) is 0. The van der Waals surface area contributed by atoms with Crippen molar-refractivity contribution in [2.24, 2.45) is 0 Å². The van der Waals surface area contributed by atoms with Crippen molar-refractivity contribution < 1.29 is 13.2 Å². The van der Waals surface area contributed by atoms with E-state index in [1.54, 1.807) is 24.4 Å². The van der Waals surface area contributed by atoms with Gasteiger partial charge in [-0.15, -0.1) is 0 Å². The summed E-state index contributed by atoms with van der Waals surface area (Å²) in [6.45, 7) is 0. The maximum absolute atomic E-state index is 12.7. The Morgan fingerprint density at radius 3 is 2.25 bits per heavy atom. The first kappa shape index (κ1) is 16.8. The van der Waals surface area contributed by atoms with Crippen LogP contribution in [-0.4, -0.2) is 13.4 Å². The molecule has 0 aliphatic heterocycles. The summed E-state index contributed by atoms with van der Waals surface area (Å²) in [5.41, 5.74) is 0. The molecule has 3 aromatic rings. The maximum Gasteiger partial charge on any atom is 0.219 e. The molecule has 24 heavy (non-hydrogen) atoms. The van der Waals surface area contributed by atoms with Crippen molar-refractivity contribution in [2.75, 3.05) is 0 Å². The second-order valence-electron chi connectivity index (χ2n) is 4.82. The van der Waals surface area contributed by atoms with Gasteiger partial charge in [0.05, 0.1) is 14.8 Å². The SMILES string of the molecule is O=S(=O)(c1ccc(Cl)cc1)c1ccc(Cl)c(Oc2ccccn2)c1. The summed E-state index contributed by atoms with van der Waals surface area (Å²) in [6.07, 6.45) is 1.57. The van der Waals surface area contributed by atoms with Crippen molar-refractivity contribution in [2.45, 2.75) is 9.79 Å². The predicted octanol–water partition coefficient (Wildman–Crippen LogP) is 5.01. The highest BCUT2D eigenvalue weighted by Gasteiger charge is 2.19. The van der Waals surface area contributed by atoms with E-state index in [-0.39, 0.29) is 20.6 Å². The Balaban J connectivity index is 2.00. The number of nitrogens with zero attached hydrogens (tertiary/aromatic N) is 1. The van der Waals surface area contributed by atoms with E-state index in [1.807, 2.05) is 0 Å². The maximum atomic E-state index is 12.7. The van der Waals surface area contributed by atoms with Gasteiger partial charge in [0.25, 0.3) is 0 Å². The minimum absolute atomic E-state index is 0.0696. The van der Waals surface area contributed by atoms with Gasteiger partial charge in [0.2, 0.25) is 15.7 Å². The number of halogens is 2. The molecule has 0 saturated heterocycles. The molecule has 0 radical (unpaired) electrons. The number of aromatic nitrogens is 1. The van der Waals surface area contributed by atoms with Gasteiger partial charge in [-0.3, -0.25) is 0 Å². The molecule has 0 fully saturated rings. The summed E-state index contributed by atoms with van der Waals surface area (Å²) >= 11 is 11.9. The molecule has 0 atom stereocenters. The third kappa shape index (κ3) is 3.53. The normalized spacial score (nSPS) is 11.2. The Hall–Kier alpha value is -2.08. The fourth-order valence-corrected chi connectivity index (χ4v) is 3.56. The zero-order chi connectivity index (χ0) is 17.2. The van der Waals surface area contributed by atoms with Gasteiger partial charge in [0.1, 0.15) is 5.75 Å². The highest BCUT2D eigenvalue weighted by Crippen LogP contribution is 2.33. The number of sulfone groups is 1. The van der Waals surface area contributed by atoms with E-state index in [2.05, 4.69) is 4.98 Å². The molecular weight excluding hydrogens is 369 g/mol. The Bertz CT molecular complexity index is 959. The fraction of sp³-hybridized carbons (Fsp3) is 0. The van der Waals surface area contributed by atoms with Gasteiger partial charge in [-0.05, 0) is 42.5 Å². The lowest BCUT2D eigenvalue weighted by atomic mass is 10.3. The van der Waals surface area contributed by atoms with Crippen molar-refractivity contribution in [1.29, 1.82) is 0 Å². The first-order valence-electron chi connectivity index (χ1n) is 6.86. The number of hydrogen-bond acceptors (Lipinski definition) is 4. The topological polar surface area (TPSA) is 56.3 Å². The van der Waals surface area contributed by atoms with Gasteiger partial charge >= 0.3 is 0 Å². The molecule has 0 aliphatic carbocycles. The van der Waals surface area contributed by atoms with Crippen LogP contribution in [0.15, 0.2) is 76.7 Å². The molecule has 0 aliphatic rings. The highest BCUT2D eigenvalue weighted by molar-refractivity contribution is 7.91. The standard InChI is InChI=1S/C17H11Cl2NO3S/c18-12-4-6-13(7-5-12)24(21,22)14-8-9-15(19)16(11-14)23-17-3-1-2-10-20-17/h1-11H. The molecule has 3 rings (SSSR count). The van der Waals surface area contributed by atoms with E-state index in [4.69, 9.17) is 27.9 Å². The Kier molecular flexibility index (Phi) is 4.76. The predicted molar refractivity (Wildman–Crippen MR) is 92.7 cm³/mol. The molecule has 1 heterocycles. The first-order valence-corrected chi connectivity index (χ1v) is 9.10. The first-order chi connectivity index (χ1) is 11.5. The van der Waals surface area contributed by atoms with E-state index in [0.717, 1.165) is 0 Å². The van der Waals surface area contributed by atoms with Crippen molar-refractivity contribution >= 4 is 33.0 Å². The second-order valence-corrected chi connectivity index (χ2v) is 7.61. The highest BCUT2D eigenvalue weighted by atomic mass is 35.5. The summed E-state index contributed by atoms with van der Waals surface area (Å²) in [6, 6.07) is 15.4. The minimum atomic E-state index is -3.70. The van der Waals surface area contributed by atoms with Crippen LogP contribution in [0.25, 0.3) is 0 Å². The van der Waals surface area contributed by atoms with Crippen LogP contribution in [0.5, 0.6) is 11.6 Å². The Morgan fingerprint density at radius 2 is 1.58 bits per heavy atom. The molecular formula is C17H11Cl2NO3S. The van der Waals surface area contributed by atoms with Crippen molar-refractivity contribution in [3.8, 4) is 11.6 Å². The van der Waals surface area contributed by atoms with Gasteiger partial charge in [0, 0.05) is 23.4 Å². The molecule has 0 amide bonds.